The molecule has 0 aromatic heterocycles. The Morgan fingerprint density at radius 3 is 2.94 bits per heavy atom. The topological polar surface area (TPSA) is 49.8 Å². The van der Waals surface area contributed by atoms with E-state index in [9.17, 15) is 9.90 Å². The van der Waals surface area contributed by atoms with Crippen molar-refractivity contribution in [3.05, 3.63) is 40.9 Å². The smallest absolute Gasteiger partial charge is 0.410 e. The average Bonchev–Trinajstić information content (AvgIpc) is 2.72. The lowest BCUT2D eigenvalue weighted by molar-refractivity contribution is 0.107. The molecule has 2 atom stereocenters. The molecule has 2 heterocycles. The predicted octanol–water partition coefficient (Wildman–Crippen LogP) is 2.27. The highest BCUT2D eigenvalue weighted by atomic mass is 35.5. The Morgan fingerprint density at radius 1 is 1.39 bits per heavy atom. The van der Waals surface area contributed by atoms with Gasteiger partial charge in [-0.25, -0.2) is 4.79 Å². The maximum absolute atomic E-state index is 11.8. The van der Waals surface area contributed by atoms with Gasteiger partial charge >= 0.3 is 6.09 Å². The summed E-state index contributed by atoms with van der Waals surface area (Å²) < 4.78 is 5.27. The third-order valence-corrected chi connectivity index (χ3v) is 3.64. The van der Waals surface area contributed by atoms with Gasteiger partial charge in [-0.3, -0.25) is 4.90 Å². The monoisotopic (exact) mass is 265 g/mol. The first-order valence-electron chi connectivity index (χ1n) is 5.80. The zero-order chi connectivity index (χ0) is 12.7. The molecule has 18 heavy (non-hydrogen) atoms. The summed E-state index contributed by atoms with van der Waals surface area (Å²) in [6.07, 6.45) is 1.39. The lowest BCUT2D eigenvalue weighted by Gasteiger charge is -2.29. The number of aliphatic hydroxyl groups excluding tert-OH is 1. The molecule has 0 spiro atoms. The number of benzene rings is 1. The van der Waals surface area contributed by atoms with Crippen molar-refractivity contribution in [1.29, 1.82) is 0 Å². The third-order valence-electron chi connectivity index (χ3n) is 3.31. The first-order chi connectivity index (χ1) is 8.66. The van der Waals surface area contributed by atoms with Crippen molar-refractivity contribution >= 4 is 23.5 Å². The van der Waals surface area contributed by atoms with Crippen LogP contribution in [0.25, 0.3) is 5.76 Å². The summed E-state index contributed by atoms with van der Waals surface area (Å²) in [5.74, 6) is 0.424. The average molecular weight is 266 g/mol. The van der Waals surface area contributed by atoms with Gasteiger partial charge in [0.05, 0.1) is 17.2 Å². The van der Waals surface area contributed by atoms with Crippen LogP contribution in [0.15, 0.2) is 30.3 Å². The van der Waals surface area contributed by atoms with Gasteiger partial charge in [0.1, 0.15) is 5.76 Å². The molecule has 0 bridgehead atoms. The molecule has 1 saturated heterocycles. The van der Waals surface area contributed by atoms with Crippen LogP contribution in [0.3, 0.4) is 0 Å². The van der Waals surface area contributed by atoms with E-state index in [1.54, 1.807) is 18.2 Å². The number of carbonyl (C=O) groups is 1. The standard InChI is InChI=1S/C13H12ClNO3/c14-9-4-2-1-3-8(9)12-7-10-11(16)5-6-15(10)13(17)18-12/h1-4,7,10-11,16H,5-6H2/t10-,11-/m0/s1. The van der Waals surface area contributed by atoms with Crippen LogP contribution in [0.4, 0.5) is 4.79 Å². The molecule has 2 aliphatic heterocycles. The SMILES string of the molecule is O=C1OC(c2ccccc2Cl)=C[C@H]2[C@@H](O)CCN12. The van der Waals surface area contributed by atoms with E-state index in [-0.39, 0.29) is 6.04 Å². The zero-order valence-corrected chi connectivity index (χ0v) is 10.3. The summed E-state index contributed by atoms with van der Waals surface area (Å²) in [7, 11) is 0. The first-order valence-corrected chi connectivity index (χ1v) is 6.18. The summed E-state index contributed by atoms with van der Waals surface area (Å²) in [6.45, 7) is 0.525. The fourth-order valence-electron chi connectivity index (χ4n) is 2.36. The van der Waals surface area contributed by atoms with Crippen LogP contribution >= 0.6 is 11.6 Å². The fourth-order valence-corrected chi connectivity index (χ4v) is 2.59. The highest BCUT2D eigenvalue weighted by Gasteiger charge is 2.39. The number of ether oxygens (including phenoxy) is 1. The van der Waals surface area contributed by atoms with Gasteiger partial charge in [-0.2, -0.15) is 0 Å². The van der Waals surface area contributed by atoms with Gasteiger partial charge in [0.25, 0.3) is 0 Å². The molecule has 1 N–H and O–H groups in total. The molecular formula is C13H12ClNO3. The molecule has 1 amide bonds. The van der Waals surface area contributed by atoms with E-state index in [0.717, 1.165) is 0 Å². The number of halogens is 1. The quantitative estimate of drug-likeness (QED) is 0.847. The molecule has 1 fully saturated rings. The molecule has 3 rings (SSSR count). The predicted molar refractivity (Wildman–Crippen MR) is 67.0 cm³/mol. The minimum atomic E-state index is -0.532. The summed E-state index contributed by atoms with van der Waals surface area (Å²) in [4.78, 5) is 13.4. The van der Waals surface area contributed by atoms with E-state index in [1.807, 2.05) is 12.1 Å². The maximum Gasteiger partial charge on any atom is 0.415 e. The Bertz CT molecular complexity index is 529. The van der Waals surface area contributed by atoms with Gasteiger partial charge in [-0.1, -0.05) is 23.7 Å². The molecule has 1 aromatic rings. The van der Waals surface area contributed by atoms with Gasteiger partial charge in [0.2, 0.25) is 0 Å². The number of nitrogens with zero attached hydrogens (tertiary/aromatic N) is 1. The van der Waals surface area contributed by atoms with Crippen molar-refractivity contribution in [3.63, 3.8) is 0 Å². The second kappa shape index (κ2) is 4.30. The number of rotatable bonds is 1. The van der Waals surface area contributed by atoms with Crippen LogP contribution in [-0.4, -0.2) is 34.8 Å². The molecule has 4 nitrogen and oxygen atoms in total. The van der Waals surface area contributed by atoms with Gasteiger partial charge in [0.15, 0.2) is 0 Å². The molecule has 94 valence electrons. The number of hydrogen-bond donors (Lipinski definition) is 1. The lowest BCUT2D eigenvalue weighted by Crippen LogP contribution is -2.41. The van der Waals surface area contributed by atoms with Crippen molar-refractivity contribution in [2.45, 2.75) is 18.6 Å². The number of fused-ring (bicyclic) bond motifs is 1. The van der Waals surface area contributed by atoms with Crippen LogP contribution in [0.2, 0.25) is 5.02 Å². The van der Waals surface area contributed by atoms with Crippen LogP contribution in [0, 0.1) is 0 Å². The van der Waals surface area contributed by atoms with E-state index in [4.69, 9.17) is 16.3 Å². The highest BCUT2D eigenvalue weighted by Crippen LogP contribution is 2.33. The molecule has 2 aliphatic rings. The van der Waals surface area contributed by atoms with E-state index >= 15 is 0 Å². The highest BCUT2D eigenvalue weighted by molar-refractivity contribution is 6.32. The summed E-state index contributed by atoms with van der Waals surface area (Å²) in [5.41, 5.74) is 0.672. The molecule has 1 aromatic carbocycles. The number of hydrogen-bond acceptors (Lipinski definition) is 3. The summed E-state index contributed by atoms with van der Waals surface area (Å²) >= 11 is 6.08. The van der Waals surface area contributed by atoms with Gasteiger partial charge < -0.3 is 9.84 Å². The second-order valence-electron chi connectivity index (χ2n) is 4.42. The van der Waals surface area contributed by atoms with E-state index in [2.05, 4.69) is 0 Å². The van der Waals surface area contributed by atoms with Gasteiger partial charge in [0, 0.05) is 12.1 Å². The first kappa shape index (κ1) is 11.6. The van der Waals surface area contributed by atoms with Crippen molar-refractivity contribution < 1.29 is 14.6 Å². The number of aliphatic hydroxyl groups is 1. The van der Waals surface area contributed by atoms with Crippen LogP contribution < -0.4 is 0 Å². The molecule has 0 saturated carbocycles. The molecule has 0 unspecified atom stereocenters. The van der Waals surface area contributed by atoms with Crippen molar-refractivity contribution in [2.75, 3.05) is 6.54 Å². The van der Waals surface area contributed by atoms with Crippen molar-refractivity contribution in [3.8, 4) is 0 Å². The summed E-state index contributed by atoms with van der Waals surface area (Å²) in [5, 5.41) is 10.4. The summed E-state index contributed by atoms with van der Waals surface area (Å²) in [6, 6.07) is 6.86. The Hall–Kier alpha value is -1.52. The normalized spacial score (nSPS) is 26.7. The Labute approximate surface area is 109 Å². The van der Waals surface area contributed by atoms with Crippen LogP contribution in [-0.2, 0) is 4.74 Å². The fraction of sp³-hybridized carbons (Fsp3) is 0.308. The third kappa shape index (κ3) is 1.78. The minimum absolute atomic E-state index is 0.308. The van der Waals surface area contributed by atoms with Crippen LogP contribution in [0.5, 0.6) is 0 Å². The molecule has 5 heteroatoms. The largest absolute Gasteiger partial charge is 0.415 e. The zero-order valence-electron chi connectivity index (χ0n) is 9.54. The van der Waals surface area contributed by atoms with E-state index < -0.39 is 12.2 Å². The van der Waals surface area contributed by atoms with E-state index in [1.165, 1.54) is 4.90 Å². The minimum Gasteiger partial charge on any atom is -0.410 e. The number of carbonyl (C=O) groups excluding carboxylic acids is 1. The lowest BCUT2D eigenvalue weighted by atomic mass is 10.1. The van der Waals surface area contributed by atoms with Gasteiger partial charge in [-0.05, 0) is 24.6 Å². The van der Waals surface area contributed by atoms with Crippen molar-refractivity contribution in [1.82, 2.24) is 4.90 Å². The second-order valence-corrected chi connectivity index (χ2v) is 4.83. The number of amides is 1. The van der Waals surface area contributed by atoms with E-state index in [0.29, 0.717) is 29.3 Å². The number of cyclic esters (lactones) is 1. The Kier molecular flexibility index (Phi) is 2.76. The maximum atomic E-state index is 11.8. The Morgan fingerprint density at radius 2 is 2.17 bits per heavy atom. The Balaban J connectivity index is 2.01. The molecular weight excluding hydrogens is 254 g/mol. The molecule has 0 aliphatic carbocycles. The van der Waals surface area contributed by atoms with Crippen LogP contribution in [0.1, 0.15) is 12.0 Å². The van der Waals surface area contributed by atoms with Gasteiger partial charge in [-0.15, -0.1) is 0 Å². The van der Waals surface area contributed by atoms with Crippen molar-refractivity contribution in [2.24, 2.45) is 0 Å². The molecule has 0 radical (unpaired) electrons.